The van der Waals surface area contributed by atoms with Crippen molar-refractivity contribution in [1.29, 1.82) is 0 Å². The van der Waals surface area contributed by atoms with Gasteiger partial charge in [-0.3, -0.25) is 14.6 Å². The molecule has 112 valence electrons. The van der Waals surface area contributed by atoms with E-state index < -0.39 is 0 Å². The van der Waals surface area contributed by atoms with Gasteiger partial charge in [-0.05, 0) is 24.4 Å². The predicted molar refractivity (Wildman–Crippen MR) is 85.1 cm³/mol. The highest BCUT2D eigenvalue weighted by Gasteiger charge is 2.12. The molecule has 1 N–H and O–H groups in total. The number of pyridine rings is 1. The van der Waals surface area contributed by atoms with Crippen molar-refractivity contribution in [1.82, 2.24) is 19.7 Å². The number of hydrogen-bond acceptors (Lipinski definition) is 5. The summed E-state index contributed by atoms with van der Waals surface area (Å²) < 4.78 is 12.9. The van der Waals surface area contributed by atoms with E-state index >= 15 is 0 Å². The molecule has 22 heavy (non-hydrogen) atoms. The average Bonchev–Trinajstić information content (AvgIpc) is 2.96. The lowest BCUT2D eigenvalue weighted by atomic mass is 10.2. The van der Waals surface area contributed by atoms with Gasteiger partial charge >= 0.3 is 0 Å². The predicted octanol–water partition coefficient (Wildman–Crippen LogP) is 3.01. The molecule has 0 amide bonds. The molecule has 0 saturated carbocycles. The first-order valence-corrected chi connectivity index (χ1v) is 6.95. The first-order valence-electron chi connectivity index (χ1n) is 6.54. The van der Waals surface area contributed by atoms with Crippen LogP contribution >= 0.6 is 12.2 Å². The van der Waals surface area contributed by atoms with Gasteiger partial charge in [0, 0.05) is 36.2 Å². The van der Waals surface area contributed by atoms with Gasteiger partial charge < -0.3 is 9.47 Å². The molecule has 0 aliphatic heterocycles. The zero-order chi connectivity index (χ0) is 15.5. The van der Waals surface area contributed by atoms with Crippen molar-refractivity contribution in [3.8, 4) is 28.6 Å². The maximum atomic E-state index is 5.36. The van der Waals surface area contributed by atoms with Crippen LogP contribution in [0, 0.1) is 4.77 Å². The van der Waals surface area contributed by atoms with Crippen molar-refractivity contribution >= 4 is 12.2 Å². The van der Waals surface area contributed by atoms with Crippen LogP contribution in [-0.2, 0) is 0 Å². The van der Waals surface area contributed by atoms with Gasteiger partial charge in [0.15, 0.2) is 10.6 Å². The summed E-state index contributed by atoms with van der Waals surface area (Å²) in [7, 11) is 3.22. The number of rotatable bonds is 4. The van der Waals surface area contributed by atoms with Crippen molar-refractivity contribution in [3.63, 3.8) is 0 Å². The second-order valence-corrected chi connectivity index (χ2v) is 4.88. The molecule has 0 radical (unpaired) electrons. The second kappa shape index (κ2) is 5.98. The Kier molecular flexibility index (Phi) is 3.88. The molecule has 3 rings (SSSR count). The lowest BCUT2D eigenvalue weighted by Crippen LogP contribution is -1.99. The molecule has 6 nitrogen and oxygen atoms in total. The maximum absolute atomic E-state index is 5.36. The van der Waals surface area contributed by atoms with Gasteiger partial charge in [0.25, 0.3) is 0 Å². The van der Waals surface area contributed by atoms with Crippen LogP contribution in [0.25, 0.3) is 17.1 Å². The number of benzene rings is 1. The minimum Gasteiger partial charge on any atom is -0.497 e. The van der Waals surface area contributed by atoms with Gasteiger partial charge in [0.1, 0.15) is 11.5 Å². The van der Waals surface area contributed by atoms with Gasteiger partial charge in [-0.15, -0.1) is 0 Å². The summed E-state index contributed by atoms with van der Waals surface area (Å²) in [5, 5.41) is 7.13. The summed E-state index contributed by atoms with van der Waals surface area (Å²) in [5.41, 5.74) is 1.71. The molecule has 7 heteroatoms. The minimum absolute atomic E-state index is 0.488. The highest BCUT2D eigenvalue weighted by Crippen LogP contribution is 2.28. The third-order valence-corrected chi connectivity index (χ3v) is 3.48. The normalized spacial score (nSPS) is 10.5. The Balaban J connectivity index is 2.21. The van der Waals surface area contributed by atoms with Crippen molar-refractivity contribution in [2.45, 2.75) is 0 Å². The molecule has 1 aromatic carbocycles. The Bertz CT molecular complexity index is 820. The lowest BCUT2D eigenvalue weighted by Gasteiger charge is -2.11. The van der Waals surface area contributed by atoms with Crippen molar-refractivity contribution in [2.75, 3.05) is 14.2 Å². The van der Waals surface area contributed by atoms with Gasteiger partial charge in [0.05, 0.1) is 19.9 Å². The SMILES string of the molecule is COc1cc(OC)cc(-n2c(-c3ccncc3)n[nH]c2=S)c1. The first-order chi connectivity index (χ1) is 10.7. The summed E-state index contributed by atoms with van der Waals surface area (Å²) >= 11 is 5.36. The number of H-pyrrole nitrogens is 1. The highest BCUT2D eigenvalue weighted by molar-refractivity contribution is 7.71. The summed E-state index contributed by atoms with van der Waals surface area (Å²) in [6, 6.07) is 9.30. The molecule has 2 heterocycles. The minimum atomic E-state index is 0.488. The Morgan fingerprint density at radius 1 is 1.05 bits per heavy atom. The smallest absolute Gasteiger partial charge is 0.200 e. The van der Waals surface area contributed by atoms with Crippen LogP contribution in [0.2, 0.25) is 0 Å². The fourth-order valence-corrected chi connectivity index (χ4v) is 2.39. The monoisotopic (exact) mass is 314 g/mol. The zero-order valence-corrected chi connectivity index (χ0v) is 12.9. The van der Waals surface area contributed by atoms with Crippen molar-refractivity contribution in [2.24, 2.45) is 0 Å². The van der Waals surface area contributed by atoms with Gasteiger partial charge in [-0.25, -0.2) is 0 Å². The highest BCUT2D eigenvalue weighted by atomic mass is 32.1. The van der Waals surface area contributed by atoms with Gasteiger partial charge in [-0.1, -0.05) is 0 Å². The summed E-state index contributed by atoms with van der Waals surface area (Å²) in [6.45, 7) is 0. The quantitative estimate of drug-likeness (QED) is 0.750. The molecule has 0 aliphatic carbocycles. The van der Waals surface area contributed by atoms with Gasteiger partial charge in [-0.2, -0.15) is 5.10 Å². The average molecular weight is 314 g/mol. The largest absolute Gasteiger partial charge is 0.497 e. The third-order valence-electron chi connectivity index (χ3n) is 3.21. The van der Waals surface area contributed by atoms with Crippen LogP contribution in [0.1, 0.15) is 0 Å². The van der Waals surface area contributed by atoms with E-state index in [4.69, 9.17) is 21.7 Å². The molecule has 0 bridgehead atoms. The van der Waals surface area contributed by atoms with E-state index in [2.05, 4.69) is 15.2 Å². The summed E-state index contributed by atoms with van der Waals surface area (Å²) in [6.07, 6.45) is 3.42. The van der Waals surface area contributed by atoms with Crippen LogP contribution in [-0.4, -0.2) is 34.0 Å². The van der Waals surface area contributed by atoms with E-state index in [9.17, 15) is 0 Å². The second-order valence-electron chi connectivity index (χ2n) is 4.49. The Hall–Kier alpha value is -2.67. The van der Waals surface area contributed by atoms with E-state index in [0.717, 1.165) is 11.3 Å². The van der Waals surface area contributed by atoms with E-state index in [1.807, 2.05) is 28.8 Å². The number of aromatic nitrogens is 4. The van der Waals surface area contributed by atoms with Crippen LogP contribution < -0.4 is 9.47 Å². The first kappa shape index (κ1) is 14.3. The van der Waals surface area contributed by atoms with E-state index in [1.165, 1.54) is 0 Å². The molecule has 0 aliphatic rings. The fourth-order valence-electron chi connectivity index (χ4n) is 2.15. The molecule has 0 unspecified atom stereocenters. The molecular weight excluding hydrogens is 300 g/mol. The number of ether oxygens (including phenoxy) is 2. The zero-order valence-electron chi connectivity index (χ0n) is 12.1. The molecule has 0 atom stereocenters. The third kappa shape index (κ3) is 2.58. The van der Waals surface area contributed by atoms with Crippen LogP contribution in [0.15, 0.2) is 42.7 Å². The number of nitrogens with one attached hydrogen (secondary N) is 1. The molecule has 0 saturated heterocycles. The number of aromatic amines is 1. The topological polar surface area (TPSA) is 65.0 Å². The number of methoxy groups -OCH3 is 2. The molecular formula is C15H14N4O2S. The Labute approximate surface area is 132 Å². The summed E-state index contributed by atoms with van der Waals surface area (Å²) in [5.74, 6) is 2.05. The van der Waals surface area contributed by atoms with E-state index in [1.54, 1.807) is 32.7 Å². The van der Waals surface area contributed by atoms with Crippen LogP contribution in [0.3, 0.4) is 0 Å². The van der Waals surface area contributed by atoms with Gasteiger partial charge in [0.2, 0.25) is 0 Å². The summed E-state index contributed by atoms with van der Waals surface area (Å²) in [4.78, 5) is 4.02. The van der Waals surface area contributed by atoms with Crippen molar-refractivity contribution < 1.29 is 9.47 Å². The standard InChI is InChI=1S/C15H14N4O2S/c1-20-12-7-11(8-13(9-12)21-2)19-14(17-18-15(19)22)10-3-5-16-6-4-10/h3-9H,1-2H3,(H,18,22). The fraction of sp³-hybridized carbons (Fsp3) is 0.133. The van der Waals surface area contributed by atoms with Crippen LogP contribution in [0.5, 0.6) is 11.5 Å². The molecule has 3 aromatic rings. The Morgan fingerprint density at radius 3 is 2.27 bits per heavy atom. The molecule has 0 spiro atoms. The maximum Gasteiger partial charge on any atom is 0.200 e. The van der Waals surface area contributed by atoms with E-state index in [-0.39, 0.29) is 0 Å². The molecule has 0 fully saturated rings. The molecule has 2 aromatic heterocycles. The lowest BCUT2D eigenvalue weighted by molar-refractivity contribution is 0.394. The number of nitrogens with zero attached hydrogens (tertiary/aromatic N) is 3. The Morgan fingerprint density at radius 2 is 1.68 bits per heavy atom. The van der Waals surface area contributed by atoms with Crippen LogP contribution in [0.4, 0.5) is 0 Å². The number of hydrogen-bond donors (Lipinski definition) is 1. The van der Waals surface area contributed by atoms with E-state index in [0.29, 0.717) is 22.1 Å². The van der Waals surface area contributed by atoms with Crippen molar-refractivity contribution in [3.05, 3.63) is 47.5 Å².